The SMILES string of the molecule is CCCNc1nc(Nc2ccc(Br)cc2Cl)c(Cl)cc1Cl. The first-order chi connectivity index (χ1) is 10.0. The van der Waals surface area contributed by atoms with E-state index in [4.69, 9.17) is 34.8 Å². The molecule has 2 aromatic rings. The Labute approximate surface area is 147 Å². The monoisotopic (exact) mass is 407 g/mol. The van der Waals surface area contributed by atoms with E-state index < -0.39 is 0 Å². The van der Waals surface area contributed by atoms with Gasteiger partial charge >= 0.3 is 0 Å². The molecule has 3 nitrogen and oxygen atoms in total. The van der Waals surface area contributed by atoms with E-state index in [2.05, 4.69) is 38.5 Å². The highest BCUT2D eigenvalue weighted by molar-refractivity contribution is 9.10. The van der Waals surface area contributed by atoms with Crippen molar-refractivity contribution in [1.29, 1.82) is 0 Å². The summed E-state index contributed by atoms with van der Waals surface area (Å²) in [6.07, 6.45) is 0.974. The molecule has 0 aliphatic rings. The lowest BCUT2D eigenvalue weighted by molar-refractivity contribution is 0.970. The fourth-order valence-corrected chi connectivity index (χ4v) is 2.83. The standard InChI is InChI=1S/C14H13BrCl3N3/c1-2-5-19-13-10(17)7-11(18)14(21-13)20-12-4-3-8(15)6-9(12)16/h3-4,6-7H,2,5H2,1H3,(H2,19,20,21). The van der Waals surface area contributed by atoms with E-state index >= 15 is 0 Å². The van der Waals surface area contributed by atoms with E-state index in [0.29, 0.717) is 26.7 Å². The predicted octanol–water partition coefficient (Wildman–Crippen LogP) is 6.37. The van der Waals surface area contributed by atoms with Crippen molar-refractivity contribution in [3.05, 3.63) is 43.8 Å². The summed E-state index contributed by atoms with van der Waals surface area (Å²) in [4.78, 5) is 4.41. The zero-order valence-corrected chi connectivity index (χ0v) is 15.0. The number of benzene rings is 1. The molecule has 0 fully saturated rings. The van der Waals surface area contributed by atoms with Gasteiger partial charge in [-0.05, 0) is 30.7 Å². The highest BCUT2D eigenvalue weighted by atomic mass is 79.9. The maximum Gasteiger partial charge on any atom is 0.151 e. The number of aromatic nitrogens is 1. The molecule has 0 amide bonds. The fraction of sp³-hybridized carbons (Fsp3) is 0.214. The lowest BCUT2D eigenvalue weighted by Crippen LogP contribution is -2.05. The van der Waals surface area contributed by atoms with Gasteiger partial charge in [-0.15, -0.1) is 0 Å². The topological polar surface area (TPSA) is 37.0 Å². The molecule has 0 bridgehead atoms. The summed E-state index contributed by atoms with van der Waals surface area (Å²) in [5.74, 6) is 1.10. The second-order valence-electron chi connectivity index (χ2n) is 4.33. The number of nitrogens with zero attached hydrogens (tertiary/aromatic N) is 1. The Kier molecular flexibility index (Phi) is 5.99. The van der Waals surface area contributed by atoms with Gasteiger partial charge in [0.2, 0.25) is 0 Å². The lowest BCUT2D eigenvalue weighted by atomic mass is 10.3. The van der Waals surface area contributed by atoms with E-state index in [9.17, 15) is 0 Å². The molecule has 112 valence electrons. The van der Waals surface area contributed by atoms with E-state index in [1.54, 1.807) is 12.1 Å². The molecule has 2 N–H and O–H groups in total. The van der Waals surface area contributed by atoms with E-state index in [1.807, 2.05) is 12.1 Å². The van der Waals surface area contributed by atoms with Gasteiger partial charge in [0.1, 0.15) is 5.82 Å². The van der Waals surface area contributed by atoms with Crippen LogP contribution in [0.15, 0.2) is 28.7 Å². The van der Waals surface area contributed by atoms with Gasteiger partial charge in [-0.2, -0.15) is 0 Å². The van der Waals surface area contributed by atoms with Crippen molar-refractivity contribution in [2.45, 2.75) is 13.3 Å². The normalized spacial score (nSPS) is 10.5. The summed E-state index contributed by atoms with van der Waals surface area (Å²) in [6.45, 7) is 2.85. The first-order valence-electron chi connectivity index (χ1n) is 6.33. The van der Waals surface area contributed by atoms with Gasteiger partial charge in [0, 0.05) is 11.0 Å². The van der Waals surface area contributed by atoms with Crippen molar-refractivity contribution in [2.75, 3.05) is 17.2 Å². The Balaban J connectivity index is 2.30. The quantitative estimate of drug-likeness (QED) is 0.602. The van der Waals surface area contributed by atoms with Gasteiger partial charge in [0.25, 0.3) is 0 Å². The van der Waals surface area contributed by atoms with Crippen LogP contribution in [-0.2, 0) is 0 Å². The molecule has 0 saturated carbocycles. The molecule has 0 saturated heterocycles. The van der Waals surface area contributed by atoms with Crippen LogP contribution in [0, 0.1) is 0 Å². The molecule has 2 rings (SSSR count). The molecule has 1 heterocycles. The molecule has 0 aliphatic carbocycles. The predicted molar refractivity (Wildman–Crippen MR) is 95.5 cm³/mol. The summed E-state index contributed by atoms with van der Waals surface area (Å²) in [5.41, 5.74) is 0.720. The number of hydrogen-bond donors (Lipinski definition) is 2. The summed E-state index contributed by atoms with van der Waals surface area (Å²) in [5, 5.41) is 7.76. The van der Waals surface area contributed by atoms with Gasteiger partial charge in [-0.3, -0.25) is 0 Å². The van der Waals surface area contributed by atoms with Crippen LogP contribution in [0.2, 0.25) is 15.1 Å². The minimum atomic E-state index is 0.432. The molecule has 0 spiro atoms. The van der Waals surface area contributed by atoms with Crippen molar-refractivity contribution < 1.29 is 0 Å². The smallest absolute Gasteiger partial charge is 0.151 e. The van der Waals surface area contributed by atoms with Crippen molar-refractivity contribution in [1.82, 2.24) is 4.98 Å². The zero-order valence-electron chi connectivity index (χ0n) is 11.2. The average molecular weight is 410 g/mol. The van der Waals surface area contributed by atoms with Crippen LogP contribution >= 0.6 is 50.7 Å². The zero-order chi connectivity index (χ0) is 15.4. The maximum absolute atomic E-state index is 6.18. The minimum absolute atomic E-state index is 0.432. The summed E-state index contributed by atoms with van der Waals surface area (Å²) >= 11 is 21.8. The Morgan fingerprint density at radius 3 is 2.43 bits per heavy atom. The minimum Gasteiger partial charge on any atom is -0.369 e. The van der Waals surface area contributed by atoms with Crippen molar-refractivity contribution >= 4 is 68.1 Å². The van der Waals surface area contributed by atoms with Gasteiger partial charge in [0.15, 0.2) is 5.82 Å². The van der Waals surface area contributed by atoms with E-state index in [1.165, 1.54) is 0 Å². The van der Waals surface area contributed by atoms with Crippen molar-refractivity contribution in [2.24, 2.45) is 0 Å². The van der Waals surface area contributed by atoms with Gasteiger partial charge < -0.3 is 10.6 Å². The Bertz CT molecular complexity index is 650. The second kappa shape index (κ2) is 7.54. The first-order valence-corrected chi connectivity index (χ1v) is 8.26. The van der Waals surface area contributed by atoms with Gasteiger partial charge in [-0.25, -0.2) is 4.98 Å². The largest absolute Gasteiger partial charge is 0.369 e. The third-order valence-electron chi connectivity index (χ3n) is 2.66. The maximum atomic E-state index is 6.18. The number of rotatable bonds is 5. The van der Waals surface area contributed by atoms with Crippen LogP contribution in [0.4, 0.5) is 17.3 Å². The highest BCUT2D eigenvalue weighted by Crippen LogP contribution is 2.33. The third-order valence-corrected chi connectivity index (χ3v) is 4.04. The molecule has 1 aromatic carbocycles. The average Bonchev–Trinajstić information content (AvgIpc) is 2.43. The van der Waals surface area contributed by atoms with Crippen LogP contribution in [-0.4, -0.2) is 11.5 Å². The number of anilines is 3. The number of nitrogens with one attached hydrogen (secondary N) is 2. The Morgan fingerprint density at radius 1 is 1.05 bits per heavy atom. The molecule has 1 aromatic heterocycles. The first kappa shape index (κ1) is 16.7. The van der Waals surface area contributed by atoms with Gasteiger partial charge in [-0.1, -0.05) is 57.7 Å². The van der Waals surface area contributed by atoms with Crippen LogP contribution in [0.1, 0.15) is 13.3 Å². The highest BCUT2D eigenvalue weighted by Gasteiger charge is 2.11. The van der Waals surface area contributed by atoms with E-state index in [0.717, 1.165) is 23.1 Å². The van der Waals surface area contributed by atoms with Crippen molar-refractivity contribution in [3.8, 4) is 0 Å². The Morgan fingerprint density at radius 2 is 1.76 bits per heavy atom. The van der Waals surface area contributed by atoms with Crippen LogP contribution < -0.4 is 10.6 Å². The molecule has 0 radical (unpaired) electrons. The van der Waals surface area contributed by atoms with Crippen LogP contribution in [0.5, 0.6) is 0 Å². The van der Waals surface area contributed by atoms with Crippen LogP contribution in [0.3, 0.4) is 0 Å². The number of pyridine rings is 1. The summed E-state index contributed by atoms with van der Waals surface area (Å²) < 4.78 is 0.901. The summed E-state index contributed by atoms with van der Waals surface area (Å²) in [6, 6.07) is 7.18. The van der Waals surface area contributed by atoms with Crippen molar-refractivity contribution in [3.63, 3.8) is 0 Å². The third kappa shape index (κ3) is 4.39. The fourth-order valence-electron chi connectivity index (χ4n) is 1.64. The molecule has 0 unspecified atom stereocenters. The molecule has 7 heteroatoms. The number of halogens is 4. The van der Waals surface area contributed by atoms with E-state index in [-0.39, 0.29) is 0 Å². The molecule has 21 heavy (non-hydrogen) atoms. The number of hydrogen-bond acceptors (Lipinski definition) is 3. The molecule has 0 aliphatic heterocycles. The lowest BCUT2D eigenvalue weighted by Gasteiger charge is -2.13. The van der Waals surface area contributed by atoms with Crippen LogP contribution in [0.25, 0.3) is 0 Å². The second-order valence-corrected chi connectivity index (χ2v) is 6.46. The molecular formula is C14H13BrCl3N3. The van der Waals surface area contributed by atoms with Gasteiger partial charge in [0.05, 0.1) is 20.8 Å². The summed E-state index contributed by atoms with van der Waals surface area (Å²) in [7, 11) is 0. The molecule has 0 atom stereocenters. The Hall–Kier alpha value is -0.680. The molecular weight excluding hydrogens is 396 g/mol.